The standard InChI is InChI=1S/C8H6INO3/c9-10-3-4-1-6(11)7(12)2-5(4)8(10)13/h1-2,11-12H,3H2. The van der Waals surface area contributed by atoms with E-state index in [1.54, 1.807) is 0 Å². The first kappa shape index (κ1) is 8.61. The number of phenols is 2. The first-order valence-electron chi connectivity index (χ1n) is 3.62. The Kier molecular flexibility index (Phi) is 1.83. The average Bonchev–Trinajstić information content (AvgIpc) is 2.32. The van der Waals surface area contributed by atoms with Gasteiger partial charge in [0.2, 0.25) is 0 Å². The highest BCUT2D eigenvalue weighted by Gasteiger charge is 2.27. The lowest BCUT2D eigenvalue weighted by atomic mass is 10.1. The summed E-state index contributed by atoms with van der Waals surface area (Å²) in [5.74, 6) is -0.567. The number of fused-ring (bicyclic) bond motifs is 1. The molecule has 2 N–H and O–H groups in total. The van der Waals surface area contributed by atoms with Gasteiger partial charge in [-0.2, -0.15) is 0 Å². The summed E-state index contributed by atoms with van der Waals surface area (Å²) in [6.07, 6.45) is 0. The second kappa shape index (κ2) is 2.76. The van der Waals surface area contributed by atoms with Gasteiger partial charge in [0.25, 0.3) is 5.91 Å². The molecule has 13 heavy (non-hydrogen) atoms. The minimum Gasteiger partial charge on any atom is -0.504 e. The lowest BCUT2D eigenvalue weighted by Crippen LogP contribution is -2.09. The molecule has 0 bridgehead atoms. The zero-order chi connectivity index (χ0) is 9.59. The Hall–Kier alpha value is -0.980. The van der Waals surface area contributed by atoms with E-state index in [9.17, 15) is 9.90 Å². The van der Waals surface area contributed by atoms with E-state index in [1.165, 1.54) is 15.2 Å². The average molecular weight is 291 g/mol. The molecule has 0 radical (unpaired) electrons. The third-order valence-electron chi connectivity index (χ3n) is 1.96. The summed E-state index contributed by atoms with van der Waals surface area (Å²) in [6.45, 7) is 0.475. The molecule has 0 aromatic heterocycles. The number of nitrogens with zero attached hydrogens (tertiary/aromatic N) is 1. The number of hydrogen-bond acceptors (Lipinski definition) is 3. The summed E-state index contributed by atoms with van der Waals surface area (Å²) < 4.78 is 1.50. The first-order valence-corrected chi connectivity index (χ1v) is 4.58. The third kappa shape index (κ3) is 1.23. The Morgan fingerprint density at radius 2 is 1.92 bits per heavy atom. The normalized spacial score (nSPS) is 14.8. The summed E-state index contributed by atoms with van der Waals surface area (Å²) in [5.41, 5.74) is 1.21. The highest BCUT2D eigenvalue weighted by molar-refractivity contribution is 14.1. The van der Waals surface area contributed by atoms with Gasteiger partial charge in [0.05, 0.1) is 29.4 Å². The molecule has 2 rings (SSSR count). The molecule has 1 aliphatic rings. The van der Waals surface area contributed by atoms with Gasteiger partial charge in [-0.05, 0) is 17.7 Å². The van der Waals surface area contributed by atoms with E-state index in [4.69, 9.17) is 5.11 Å². The number of rotatable bonds is 0. The molecule has 0 saturated carbocycles. The van der Waals surface area contributed by atoms with Gasteiger partial charge >= 0.3 is 0 Å². The van der Waals surface area contributed by atoms with Crippen molar-refractivity contribution in [2.75, 3.05) is 0 Å². The molecule has 0 saturated heterocycles. The van der Waals surface area contributed by atoms with Gasteiger partial charge in [0, 0.05) is 5.56 Å². The third-order valence-corrected chi connectivity index (χ3v) is 2.74. The largest absolute Gasteiger partial charge is 0.504 e. The Labute approximate surface area is 88.3 Å². The molecule has 68 valence electrons. The summed E-state index contributed by atoms with van der Waals surface area (Å²) in [7, 11) is 0. The fourth-order valence-electron chi connectivity index (χ4n) is 1.30. The molecule has 4 nitrogen and oxygen atoms in total. The Balaban J connectivity index is 2.59. The van der Waals surface area contributed by atoms with Crippen molar-refractivity contribution in [1.82, 2.24) is 3.11 Å². The Bertz CT molecular complexity index is 391. The van der Waals surface area contributed by atoms with Gasteiger partial charge in [-0.3, -0.25) is 7.91 Å². The lowest BCUT2D eigenvalue weighted by molar-refractivity contribution is 0.0904. The van der Waals surface area contributed by atoms with Crippen LogP contribution in [0.5, 0.6) is 11.5 Å². The number of benzene rings is 1. The fraction of sp³-hybridized carbons (Fsp3) is 0.125. The van der Waals surface area contributed by atoms with Crippen molar-refractivity contribution in [2.45, 2.75) is 6.54 Å². The zero-order valence-electron chi connectivity index (χ0n) is 6.49. The number of carbonyl (C=O) groups is 1. The van der Waals surface area contributed by atoms with Gasteiger partial charge in [0.1, 0.15) is 0 Å². The summed E-state index contributed by atoms with van der Waals surface area (Å²) in [6, 6.07) is 2.72. The molecular formula is C8H6INO3. The van der Waals surface area contributed by atoms with Crippen molar-refractivity contribution >= 4 is 28.8 Å². The Morgan fingerprint density at radius 3 is 2.62 bits per heavy atom. The van der Waals surface area contributed by atoms with Crippen molar-refractivity contribution in [3.63, 3.8) is 0 Å². The summed E-state index contributed by atoms with van der Waals surface area (Å²) >= 11 is 1.90. The number of phenolic OH excluding ortho intramolecular Hbond substituents is 2. The molecule has 1 aromatic rings. The maximum absolute atomic E-state index is 11.4. The smallest absolute Gasteiger partial charge is 0.263 e. The number of halogens is 1. The van der Waals surface area contributed by atoms with Crippen LogP contribution in [0.4, 0.5) is 0 Å². The zero-order valence-corrected chi connectivity index (χ0v) is 8.65. The minimum atomic E-state index is -0.251. The number of amides is 1. The molecule has 1 aliphatic heterocycles. The summed E-state index contributed by atoms with van der Waals surface area (Å²) in [5, 5.41) is 18.3. The molecule has 1 amide bonds. The highest BCUT2D eigenvalue weighted by Crippen LogP contribution is 2.34. The van der Waals surface area contributed by atoms with Crippen LogP contribution in [0.3, 0.4) is 0 Å². The van der Waals surface area contributed by atoms with Gasteiger partial charge in [-0.25, -0.2) is 0 Å². The van der Waals surface area contributed by atoms with Crippen LogP contribution in [0.15, 0.2) is 12.1 Å². The van der Waals surface area contributed by atoms with Crippen LogP contribution >= 0.6 is 22.9 Å². The molecule has 1 heterocycles. The van der Waals surface area contributed by atoms with Crippen molar-refractivity contribution in [1.29, 1.82) is 0 Å². The van der Waals surface area contributed by atoms with Gasteiger partial charge in [-0.15, -0.1) is 0 Å². The van der Waals surface area contributed by atoms with Crippen molar-refractivity contribution < 1.29 is 15.0 Å². The van der Waals surface area contributed by atoms with E-state index >= 15 is 0 Å². The number of carbonyl (C=O) groups excluding carboxylic acids is 1. The topological polar surface area (TPSA) is 60.8 Å². The van der Waals surface area contributed by atoms with E-state index in [0.717, 1.165) is 5.56 Å². The Morgan fingerprint density at radius 1 is 1.31 bits per heavy atom. The maximum atomic E-state index is 11.4. The van der Waals surface area contributed by atoms with E-state index in [2.05, 4.69) is 0 Å². The van der Waals surface area contributed by atoms with Gasteiger partial charge in [0.15, 0.2) is 11.5 Å². The monoisotopic (exact) mass is 291 g/mol. The second-order valence-electron chi connectivity index (χ2n) is 2.82. The van der Waals surface area contributed by atoms with Crippen molar-refractivity contribution in [2.24, 2.45) is 0 Å². The molecule has 0 fully saturated rings. The number of aromatic hydroxyl groups is 2. The van der Waals surface area contributed by atoms with Crippen LogP contribution < -0.4 is 0 Å². The van der Waals surface area contributed by atoms with Gasteiger partial charge < -0.3 is 10.2 Å². The van der Waals surface area contributed by atoms with Crippen molar-refractivity contribution in [3.8, 4) is 11.5 Å². The fourth-order valence-corrected chi connectivity index (χ4v) is 1.93. The first-order chi connectivity index (χ1) is 6.09. The van der Waals surface area contributed by atoms with Crippen LogP contribution in [0.25, 0.3) is 0 Å². The van der Waals surface area contributed by atoms with E-state index in [0.29, 0.717) is 12.1 Å². The van der Waals surface area contributed by atoms with Crippen molar-refractivity contribution in [3.05, 3.63) is 23.3 Å². The van der Waals surface area contributed by atoms with E-state index in [-0.39, 0.29) is 17.4 Å². The SMILES string of the molecule is O=C1c2cc(O)c(O)cc2CN1I. The predicted molar refractivity (Wildman–Crippen MR) is 53.7 cm³/mol. The van der Waals surface area contributed by atoms with Crippen LogP contribution in [0.1, 0.15) is 15.9 Å². The molecule has 0 spiro atoms. The van der Waals surface area contributed by atoms with Crippen LogP contribution in [0.2, 0.25) is 0 Å². The molecule has 0 aliphatic carbocycles. The minimum absolute atomic E-state index is 0.133. The molecule has 0 unspecified atom stereocenters. The second-order valence-corrected chi connectivity index (χ2v) is 3.99. The quantitative estimate of drug-likeness (QED) is 0.431. The van der Waals surface area contributed by atoms with Crippen LogP contribution in [-0.4, -0.2) is 19.2 Å². The molecule has 5 heteroatoms. The molecule has 1 aromatic carbocycles. The highest BCUT2D eigenvalue weighted by atomic mass is 127. The summed E-state index contributed by atoms with van der Waals surface area (Å²) in [4.78, 5) is 11.4. The predicted octanol–water partition coefficient (Wildman–Crippen LogP) is 1.40. The maximum Gasteiger partial charge on any atom is 0.263 e. The molecular weight excluding hydrogens is 285 g/mol. The van der Waals surface area contributed by atoms with Crippen LogP contribution in [0, 0.1) is 0 Å². The molecule has 0 atom stereocenters. The number of hydrogen-bond donors (Lipinski definition) is 2. The van der Waals surface area contributed by atoms with Crippen LogP contribution in [-0.2, 0) is 6.54 Å². The van der Waals surface area contributed by atoms with E-state index < -0.39 is 0 Å². The van der Waals surface area contributed by atoms with Gasteiger partial charge in [-0.1, -0.05) is 0 Å². The van der Waals surface area contributed by atoms with E-state index in [1.807, 2.05) is 22.9 Å². The lowest BCUT2D eigenvalue weighted by Gasteiger charge is -2.00.